The standard InChI is InChI=1S/C20H26F4N2O2/c1-13-3-2-6-26(11-13)17-4-5-18(28-12-17)19(27)25-10-14-7-15(20(22,23)24)9-16(21)8-14/h7-9,13,17-18H,2-6,10-12H2,1H3,(H,25,27)/t13?,17?,18-/m1/s1. The number of halogens is 4. The lowest BCUT2D eigenvalue weighted by molar-refractivity contribution is -0.139. The number of benzene rings is 1. The van der Waals surface area contributed by atoms with Crippen molar-refractivity contribution in [2.45, 2.75) is 57.5 Å². The van der Waals surface area contributed by atoms with E-state index in [1.165, 1.54) is 12.8 Å². The van der Waals surface area contributed by atoms with Gasteiger partial charge in [-0.25, -0.2) is 4.39 Å². The molecule has 1 N–H and O–H groups in total. The monoisotopic (exact) mass is 402 g/mol. The van der Waals surface area contributed by atoms with Crippen molar-refractivity contribution in [2.24, 2.45) is 5.92 Å². The predicted molar refractivity (Wildman–Crippen MR) is 96.0 cm³/mol. The summed E-state index contributed by atoms with van der Waals surface area (Å²) in [6.45, 7) is 4.64. The maximum Gasteiger partial charge on any atom is 0.416 e. The minimum Gasteiger partial charge on any atom is -0.367 e. The molecule has 3 rings (SSSR count). The molecule has 2 fully saturated rings. The molecule has 2 heterocycles. The third-order valence-electron chi connectivity index (χ3n) is 5.50. The van der Waals surface area contributed by atoms with E-state index in [9.17, 15) is 22.4 Å². The highest BCUT2D eigenvalue weighted by Gasteiger charge is 2.33. The number of hydrogen-bond acceptors (Lipinski definition) is 3. The zero-order chi connectivity index (χ0) is 20.3. The van der Waals surface area contributed by atoms with Gasteiger partial charge in [0.1, 0.15) is 11.9 Å². The lowest BCUT2D eigenvalue weighted by atomic mass is 9.96. The molecule has 0 bridgehead atoms. The molecule has 0 radical (unpaired) electrons. The summed E-state index contributed by atoms with van der Waals surface area (Å²) in [5.74, 6) is -0.683. The van der Waals surface area contributed by atoms with E-state index in [2.05, 4.69) is 17.1 Å². The first kappa shape index (κ1) is 21.0. The number of piperidine rings is 1. The number of carbonyl (C=O) groups is 1. The minimum atomic E-state index is -4.63. The van der Waals surface area contributed by atoms with Gasteiger partial charge in [0.15, 0.2) is 0 Å². The summed E-state index contributed by atoms with van der Waals surface area (Å²) in [7, 11) is 0. The van der Waals surface area contributed by atoms with Gasteiger partial charge in [-0.3, -0.25) is 9.69 Å². The highest BCUT2D eigenvalue weighted by Crippen LogP contribution is 2.30. The van der Waals surface area contributed by atoms with E-state index in [-0.39, 0.29) is 18.0 Å². The van der Waals surface area contributed by atoms with Crippen molar-refractivity contribution in [2.75, 3.05) is 19.7 Å². The fraction of sp³-hybridized carbons (Fsp3) is 0.650. The Morgan fingerprint density at radius 1 is 1.25 bits per heavy atom. The summed E-state index contributed by atoms with van der Waals surface area (Å²) < 4.78 is 57.5. The maximum absolute atomic E-state index is 13.4. The summed E-state index contributed by atoms with van der Waals surface area (Å²) in [5.41, 5.74) is -0.999. The molecule has 1 amide bonds. The highest BCUT2D eigenvalue weighted by atomic mass is 19.4. The van der Waals surface area contributed by atoms with Crippen LogP contribution in [0.1, 0.15) is 43.7 Å². The second kappa shape index (κ2) is 8.78. The van der Waals surface area contributed by atoms with Gasteiger partial charge >= 0.3 is 6.18 Å². The third kappa shape index (κ3) is 5.44. The molecular weight excluding hydrogens is 376 g/mol. The van der Waals surface area contributed by atoms with Crippen molar-refractivity contribution in [3.63, 3.8) is 0 Å². The molecule has 4 nitrogen and oxygen atoms in total. The normalized spacial score (nSPS) is 26.8. The summed E-state index contributed by atoms with van der Waals surface area (Å²) in [4.78, 5) is 14.7. The predicted octanol–water partition coefficient (Wildman–Crippen LogP) is 3.74. The summed E-state index contributed by atoms with van der Waals surface area (Å²) >= 11 is 0. The second-order valence-corrected chi connectivity index (χ2v) is 7.86. The van der Waals surface area contributed by atoms with Gasteiger partial charge in [0.2, 0.25) is 5.91 Å². The third-order valence-corrected chi connectivity index (χ3v) is 5.50. The van der Waals surface area contributed by atoms with Crippen molar-refractivity contribution in [1.29, 1.82) is 0 Å². The molecule has 156 valence electrons. The molecule has 8 heteroatoms. The van der Waals surface area contributed by atoms with Crippen LogP contribution in [0.5, 0.6) is 0 Å². The molecule has 2 aliphatic rings. The van der Waals surface area contributed by atoms with Crippen LogP contribution in [0.15, 0.2) is 18.2 Å². The Labute approximate surface area is 162 Å². The zero-order valence-corrected chi connectivity index (χ0v) is 15.9. The largest absolute Gasteiger partial charge is 0.416 e. The summed E-state index contributed by atoms with van der Waals surface area (Å²) in [6, 6.07) is 2.59. The number of rotatable bonds is 4. The number of alkyl halides is 3. The van der Waals surface area contributed by atoms with E-state index >= 15 is 0 Å². The molecule has 0 aromatic heterocycles. The number of nitrogens with zero attached hydrogens (tertiary/aromatic N) is 1. The Kier molecular flexibility index (Phi) is 6.60. The molecule has 2 unspecified atom stereocenters. The van der Waals surface area contributed by atoms with Gasteiger partial charge in [0.25, 0.3) is 0 Å². The van der Waals surface area contributed by atoms with E-state index in [0.29, 0.717) is 31.1 Å². The average molecular weight is 402 g/mol. The molecule has 28 heavy (non-hydrogen) atoms. The first-order chi connectivity index (χ1) is 13.2. The zero-order valence-electron chi connectivity index (χ0n) is 15.9. The fourth-order valence-electron chi connectivity index (χ4n) is 4.01. The first-order valence-electron chi connectivity index (χ1n) is 9.72. The van der Waals surface area contributed by atoms with Gasteiger partial charge in [-0.2, -0.15) is 13.2 Å². The number of hydrogen-bond donors (Lipinski definition) is 1. The van der Waals surface area contributed by atoms with Crippen LogP contribution in [0.3, 0.4) is 0 Å². The Balaban J connectivity index is 1.49. The van der Waals surface area contributed by atoms with Crippen LogP contribution in [0.4, 0.5) is 17.6 Å². The SMILES string of the molecule is CC1CCCN(C2CC[C@H](C(=O)NCc3cc(F)cc(C(F)(F)F)c3)OC2)C1. The van der Waals surface area contributed by atoms with Crippen molar-refractivity contribution >= 4 is 5.91 Å². The second-order valence-electron chi connectivity index (χ2n) is 7.86. The number of amides is 1. The van der Waals surface area contributed by atoms with Gasteiger partial charge < -0.3 is 10.1 Å². The van der Waals surface area contributed by atoms with E-state index in [1.807, 2.05) is 0 Å². The van der Waals surface area contributed by atoms with Crippen LogP contribution in [0.2, 0.25) is 0 Å². The molecule has 2 saturated heterocycles. The van der Waals surface area contributed by atoms with Crippen molar-refractivity contribution in [3.8, 4) is 0 Å². The van der Waals surface area contributed by atoms with Crippen LogP contribution in [-0.2, 0) is 22.3 Å². The lowest BCUT2D eigenvalue weighted by Crippen LogP contribution is -2.49. The van der Waals surface area contributed by atoms with Gasteiger partial charge in [0.05, 0.1) is 12.2 Å². The number of likely N-dealkylation sites (tertiary alicyclic amines) is 1. The van der Waals surface area contributed by atoms with E-state index < -0.39 is 23.7 Å². The van der Waals surface area contributed by atoms with E-state index in [1.54, 1.807) is 0 Å². The van der Waals surface area contributed by atoms with Crippen molar-refractivity contribution in [3.05, 3.63) is 35.1 Å². The Hall–Kier alpha value is -1.67. The van der Waals surface area contributed by atoms with Crippen LogP contribution in [-0.4, -0.2) is 42.6 Å². The fourth-order valence-corrected chi connectivity index (χ4v) is 4.01. The van der Waals surface area contributed by atoms with Gasteiger partial charge in [-0.05, 0) is 61.9 Å². The highest BCUT2D eigenvalue weighted by molar-refractivity contribution is 5.80. The van der Waals surface area contributed by atoms with Gasteiger partial charge in [-0.15, -0.1) is 0 Å². The van der Waals surface area contributed by atoms with Crippen molar-refractivity contribution in [1.82, 2.24) is 10.2 Å². The smallest absolute Gasteiger partial charge is 0.367 e. The molecule has 0 saturated carbocycles. The topological polar surface area (TPSA) is 41.6 Å². The minimum absolute atomic E-state index is 0.0664. The van der Waals surface area contributed by atoms with Crippen LogP contribution < -0.4 is 5.32 Å². The van der Waals surface area contributed by atoms with Crippen LogP contribution in [0, 0.1) is 11.7 Å². The quantitative estimate of drug-likeness (QED) is 0.781. The van der Waals surface area contributed by atoms with Crippen molar-refractivity contribution < 1.29 is 27.1 Å². The molecule has 1 aromatic rings. The molecule has 0 aliphatic carbocycles. The Bertz CT molecular complexity index is 687. The van der Waals surface area contributed by atoms with E-state index in [4.69, 9.17) is 4.74 Å². The molecule has 1 aromatic carbocycles. The number of nitrogens with one attached hydrogen (secondary N) is 1. The number of carbonyl (C=O) groups excluding carboxylic acids is 1. The Morgan fingerprint density at radius 3 is 2.68 bits per heavy atom. The summed E-state index contributed by atoms with van der Waals surface area (Å²) in [6.07, 6.45) is -1.41. The maximum atomic E-state index is 13.4. The lowest BCUT2D eigenvalue weighted by Gasteiger charge is -2.40. The Morgan fingerprint density at radius 2 is 2.04 bits per heavy atom. The molecule has 3 atom stereocenters. The molecular formula is C20H26F4N2O2. The average Bonchev–Trinajstić information content (AvgIpc) is 2.65. The van der Waals surface area contributed by atoms with Crippen LogP contribution in [0.25, 0.3) is 0 Å². The first-order valence-corrected chi connectivity index (χ1v) is 9.72. The summed E-state index contributed by atoms with van der Waals surface area (Å²) in [5, 5.41) is 2.56. The molecule has 0 spiro atoms. The van der Waals surface area contributed by atoms with Gasteiger partial charge in [0, 0.05) is 19.1 Å². The number of ether oxygens (including phenoxy) is 1. The molecule has 2 aliphatic heterocycles. The van der Waals surface area contributed by atoms with Gasteiger partial charge in [-0.1, -0.05) is 6.92 Å². The van der Waals surface area contributed by atoms with Crippen LogP contribution >= 0.6 is 0 Å². The van der Waals surface area contributed by atoms with E-state index in [0.717, 1.165) is 31.6 Å².